The van der Waals surface area contributed by atoms with Crippen molar-refractivity contribution in [1.29, 1.82) is 0 Å². The minimum atomic E-state index is -0.143. The van der Waals surface area contributed by atoms with Crippen LogP contribution < -0.4 is 0 Å². The monoisotopic (exact) mass is 255 g/mol. The van der Waals surface area contributed by atoms with Crippen molar-refractivity contribution in [3.63, 3.8) is 0 Å². The maximum Gasteiger partial charge on any atom is 0.307 e. The van der Waals surface area contributed by atoms with E-state index in [2.05, 4.69) is 4.90 Å². The lowest BCUT2D eigenvalue weighted by Crippen LogP contribution is -2.22. The van der Waals surface area contributed by atoms with E-state index in [1.54, 1.807) is 0 Å². The fraction of sp³-hybridized carbons (Fsp3) is 0.462. The van der Waals surface area contributed by atoms with Crippen molar-refractivity contribution in [1.82, 2.24) is 4.90 Å². The number of esters is 1. The number of benzene rings is 1. The van der Waals surface area contributed by atoms with Crippen LogP contribution in [0.3, 0.4) is 0 Å². The Morgan fingerprint density at radius 1 is 1.35 bits per heavy atom. The zero-order valence-corrected chi connectivity index (χ0v) is 11.0. The number of hydrogen-bond donors (Lipinski definition) is 0. The second-order valence-electron chi connectivity index (χ2n) is 3.92. The Kier molecular flexibility index (Phi) is 6.01. The van der Waals surface area contributed by atoms with Crippen molar-refractivity contribution in [3.8, 4) is 0 Å². The summed E-state index contributed by atoms with van der Waals surface area (Å²) in [4.78, 5) is 13.3. The molecular weight excluding hydrogens is 238 g/mol. The van der Waals surface area contributed by atoms with Gasteiger partial charge in [0.2, 0.25) is 0 Å². The number of rotatable bonds is 6. The van der Waals surface area contributed by atoms with Crippen molar-refractivity contribution in [3.05, 3.63) is 34.9 Å². The molecule has 0 saturated heterocycles. The summed E-state index contributed by atoms with van der Waals surface area (Å²) in [5.41, 5.74) is 1.18. The second-order valence-corrected chi connectivity index (χ2v) is 4.36. The highest BCUT2D eigenvalue weighted by Crippen LogP contribution is 2.10. The summed E-state index contributed by atoms with van der Waals surface area (Å²) in [7, 11) is 1.98. The summed E-state index contributed by atoms with van der Waals surface area (Å²) in [5, 5.41) is 0.739. The molecule has 0 aromatic heterocycles. The molecule has 0 aliphatic heterocycles. The van der Waals surface area contributed by atoms with Crippen LogP contribution in [0.1, 0.15) is 18.9 Å². The van der Waals surface area contributed by atoms with E-state index in [0.29, 0.717) is 19.6 Å². The van der Waals surface area contributed by atoms with E-state index in [1.807, 2.05) is 38.2 Å². The van der Waals surface area contributed by atoms with E-state index in [0.717, 1.165) is 11.6 Å². The summed E-state index contributed by atoms with van der Waals surface area (Å²) in [6, 6.07) is 7.72. The maximum atomic E-state index is 11.2. The average Bonchev–Trinajstić information content (AvgIpc) is 2.30. The second kappa shape index (κ2) is 7.30. The van der Waals surface area contributed by atoms with Crippen molar-refractivity contribution < 1.29 is 9.53 Å². The molecule has 0 aliphatic carbocycles. The van der Waals surface area contributed by atoms with E-state index >= 15 is 0 Å². The molecule has 3 nitrogen and oxygen atoms in total. The van der Waals surface area contributed by atoms with Gasteiger partial charge in [0.05, 0.1) is 13.0 Å². The Bertz CT molecular complexity index is 351. The predicted molar refractivity (Wildman–Crippen MR) is 69.0 cm³/mol. The van der Waals surface area contributed by atoms with E-state index in [4.69, 9.17) is 16.3 Å². The summed E-state index contributed by atoms with van der Waals surface area (Å²) < 4.78 is 4.88. The van der Waals surface area contributed by atoms with Crippen LogP contribution in [0.4, 0.5) is 0 Å². The summed E-state index contributed by atoms with van der Waals surface area (Å²) in [6.45, 7) is 3.76. The number of nitrogens with zero attached hydrogens (tertiary/aromatic N) is 1. The van der Waals surface area contributed by atoms with Gasteiger partial charge in [-0.1, -0.05) is 23.7 Å². The first kappa shape index (κ1) is 14.0. The van der Waals surface area contributed by atoms with Crippen LogP contribution in [0, 0.1) is 0 Å². The minimum absolute atomic E-state index is 0.143. The van der Waals surface area contributed by atoms with Crippen molar-refractivity contribution in [2.75, 3.05) is 20.2 Å². The number of ether oxygens (including phenoxy) is 1. The molecule has 0 bridgehead atoms. The normalized spacial score (nSPS) is 10.6. The van der Waals surface area contributed by atoms with Crippen LogP contribution in [0.25, 0.3) is 0 Å². The first-order chi connectivity index (χ1) is 8.11. The summed E-state index contributed by atoms with van der Waals surface area (Å²) >= 11 is 5.81. The molecule has 0 unspecified atom stereocenters. The Morgan fingerprint density at radius 3 is 2.59 bits per heavy atom. The van der Waals surface area contributed by atoms with Crippen LogP contribution in [-0.4, -0.2) is 31.1 Å². The Hall–Kier alpha value is -1.06. The molecular formula is C13H18ClNO2. The quantitative estimate of drug-likeness (QED) is 0.732. The first-order valence-corrected chi connectivity index (χ1v) is 6.08. The molecule has 0 amide bonds. The molecule has 0 saturated carbocycles. The molecule has 0 fully saturated rings. The zero-order chi connectivity index (χ0) is 12.7. The lowest BCUT2D eigenvalue weighted by Gasteiger charge is -2.16. The van der Waals surface area contributed by atoms with Gasteiger partial charge >= 0.3 is 5.97 Å². The van der Waals surface area contributed by atoms with Gasteiger partial charge in [0.1, 0.15) is 0 Å². The third-order valence-corrected chi connectivity index (χ3v) is 2.62. The van der Waals surface area contributed by atoms with E-state index in [9.17, 15) is 4.79 Å². The Labute approximate surface area is 107 Å². The number of hydrogen-bond acceptors (Lipinski definition) is 3. The SMILES string of the molecule is CCOC(=O)CCN(C)Cc1ccc(Cl)cc1. The molecule has 0 spiro atoms. The van der Waals surface area contributed by atoms with Crippen LogP contribution in [0.5, 0.6) is 0 Å². The van der Waals surface area contributed by atoms with Crippen LogP contribution in [0.15, 0.2) is 24.3 Å². The molecule has 4 heteroatoms. The van der Waals surface area contributed by atoms with Gasteiger partial charge in [-0.15, -0.1) is 0 Å². The van der Waals surface area contributed by atoms with Gasteiger partial charge in [-0.25, -0.2) is 0 Å². The molecule has 0 heterocycles. The lowest BCUT2D eigenvalue weighted by molar-refractivity contribution is -0.143. The smallest absolute Gasteiger partial charge is 0.307 e. The van der Waals surface area contributed by atoms with E-state index in [-0.39, 0.29) is 5.97 Å². The summed E-state index contributed by atoms with van der Waals surface area (Å²) in [5.74, 6) is -0.143. The van der Waals surface area contributed by atoms with Gasteiger partial charge in [0, 0.05) is 18.1 Å². The van der Waals surface area contributed by atoms with Gasteiger partial charge in [0.15, 0.2) is 0 Å². The highest BCUT2D eigenvalue weighted by Gasteiger charge is 2.05. The number of halogens is 1. The van der Waals surface area contributed by atoms with E-state index < -0.39 is 0 Å². The molecule has 0 N–H and O–H groups in total. The van der Waals surface area contributed by atoms with Gasteiger partial charge in [0.25, 0.3) is 0 Å². The van der Waals surface area contributed by atoms with Crippen molar-refractivity contribution >= 4 is 17.6 Å². The van der Waals surface area contributed by atoms with Crippen LogP contribution in [0.2, 0.25) is 5.02 Å². The third-order valence-electron chi connectivity index (χ3n) is 2.37. The predicted octanol–water partition coefficient (Wildman–Crippen LogP) is 2.73. The zero-order valence-electron chi connectivity index (χ0n) is 10.3. The molecule has 0 aliphatic rings. The molecule has 17 heavy (non-hydrogen) atoms. The largest absolute Gasteiger partial charge is 0.466 e. The van der Waals surface area contributed by atoms with Crippen LogP contribution in [-0.2, 0) is 16.1 Å². The Balaban J connectivity index is 2.31. The van der Waals surface area contributed by atoms with Crippen molar-refractivity contribution in [2.24, 2.45) is 0 Å². The topological polar surface area (TPSA) is 29.5 Å². The maximum absolute atomic E-state index is 11.2. The fourth-order valence-corrected chi connectivity index (χ4v) is 1.62. The van der Waals surface area contributed by atoms with Gasteiger partial charge < -0.3 is 9.64 Å². The number of carbonyl (C=O) groups excluding carboxylic acids is 1. The molecule has 1 aromatic rings. The molecule has 94 valence electrons. The van der Waals surface area contributed by atoms with Gasteiger partial charge in [-0.2, -0.15) is 0 Å². The molecule has 1 aromatic carbocycles. The highest BCUT2D eigenvalue weighted by molar-refractivity contribution is 6.30. The number of carbonyl (C=O) groups is 1. The standard InChI is InChI=1S/C13H18ClNO2/c1-3-17-13(16)8-9-15(2)10-11-4-6-12(14)7-5-11/h4-7H,3,8-10H2,1-2H3. The average molecular weight is 256 g/mol. The van der Waals surface area contributed by atoms with Gasteiger partial charge in [-0.3, -0.25) is 4.79 Å². The lowest BCUT2D eigenvalue weighted by atomic mass is 10.2. The summed E-state index contributed by atoms with van der Waals surface area (Å²) in [6.07, 6.45) is 0.429. The molecule has 0 atom stereocenters. The first-order valence-electron chi connectivity index (χ1n) is 5.70. The van der Waals surface area contributed by atoms with E-state index in [1.165, 1.54) is 5.56 Å². The van der Waals surface area contributed by atoms with Crippen molar-refractivity contribution in [2.45, 2.75) is 19.9 Å². The molecule has 0 radical (unpaired) electrons. The minimum Gasteiger partial charge on any atom is -0.466 e. The third kappa shape index (κ3) is 5.71. The molecule has 1 rings (SSSR count). The van der Waals surface area contributed by atoms with Crippen LogP contribution >= 0.6 is 11.6 Å². The Morgan fingerprint density at radius 2 is 2.00 bits per heavy atom. The highest BCUT2D eigenvalue weighted by atomic mass is 35.5. The fourth-order valence-electron chi connectivity index (χ4n) is 1.50. The van der Waals surface area contributed by atoms with Gasteiger partial charge in [-0.05, 0) is 31.7 Å².